The Bertz CT molecular complexity index is 718. The van der Waals surface area contributed by atoms with Gasteiger partial charge in [0, 0.05) is 35.1 Å². The van der Waals surface area contributed by atoms with E-state index in [1.54, 1.807) is 5.57 Å². The molecule has 1 N–H and O–H groups in total. The van der Waals surface area contributed by atoms with Crippen molar-refractivity contribution in [2.24, 2.45) is 5.41 Å². The number of hydrogen-bond acceptors (Lipinski definition) is 1. The molecule has 2 heteroatoms. The molecular formula is C17H18N2. The van der Waals surface area contributed by atoms with E-state index in [9.17, 15) is 0 Å². The fourth-order valence-electron chi connectivity index (χ4n) is 4.17. The van der Waals surface area contributed by atoms with Crippen molar-refractivity contribution in [3.63, 3.8) is 0 Å². The molecule has 0 bridgehead atoms. The van der Waals surface area contributed by atoms with Crippen molar-refractivity contribution in [2.75, 3.05) is 13.6 Å². The fraction of sp³-hybridized carbons (Fsp3) is 0.412. The van der Waals surface area contributed by atoms with Crippen molar-refractivity contribution in [1.29, 1.82) is 0 Å². The largest absolute Gasteiger partial charge is 0.361 e. The lowest BCUT2D eigenvalue weighted by atomic mass is 9.79. The molecule has 2 aromatic rings. The quantitative estimate of drug-likeness (QED) is 0.760. The van der Waals surface area contributed by atoms with Crippen molar-refractivity contribution in [2.45, 2.75) is 25.3 Å². The summed E-state index contributed by atoms with van der Waals surface area (Å²) in [5.41, 5.74) is 6.36. The second-order valence-electron chi connectivity index (χ2n) is 6.64. The third-order valence-corrected chi connectivity index (χ3v) is 5.32. The lowest BCUT2D eigenvalue weighted by molar-refractivity contribution is 0.236. The molecule has 1 aromatic heterocycles. The highest BCUT2D eigenvalue weighted by atomic mass is 15.2. The first kappa shape index (κ1) is 10.3. The molecule has 1 fully saturated rings. The van der Waals surface area contributed by atoms with Crippen LogP contribution < -0.4 is 0 Å². The number of nitrogens with zero attached hydrogens (tertiary/aromatic N) is 1. The van der Waals surface area contributed by atoms with E-state index in [1.165, 1.54) is 41.4 Å². The molecule has 2 aliphatic carbocycles. The molecular weight excluding hydrogens is 232 g/mol. The Morgan fingerprint density at radius 3 is 3.05 bits per heavy atom. The normalized spacial score (nSPS) is 27.4. The first-order valence-corrected chi connectivity index (χ1v) is 7.28. The Hall–Kier alpha value is -1.54. The molecule has 1 aliphatic heterocycles. The smallest absolute Gasteiger partial charge is 0.0462 e. The standard InChI is InChI=1S/C17H18N2/c1-19-10-17(5-6-17)8-13-12-3-2-4-14-16(12)11(9-18-14)7-15(13)19/h2-4,8-9,15,18H,5-7,10H2,1H3/t15-/m1/s1. The van der Waals surface area contributed by atoms with E-state index >= 15 is 0 Å². The number of benzene rings is 1. The summed E-state index contributed by atoms with van der Waals surface area (Å²) in [6.07, 6.45) is 8.74. The maximum absolute atomic E-state index is 3.44. The van der Waals surface area contributed by atoms with Crippen LogP contribution in [0.5, 0.6) is 0 Å². The topological polar surface area (TPSA) is 19.0 Å². The van der Waals surface area contributed by atoms with Gasteiger partial charge in [-0.25, -0.2) is 0 Å². The summed E-state index contributed by atoms with van der Waals surface area (Å²) in [4.78, 5) is 6.02. The van der Waals surface area contributed by atoms with Crippen molar-refractivity contribution >= 4 is 16.5 Å². The predicted octanol–water partition coefficient (Wildman–Crippen LogP) is 3.20. The maximum Gasteiger partial charge on any atom is 0.0462 e. The third kappa shape index (κ3) is 1.25. The number of aromatic nitrogens is 1. The van der Waals surface area contributed by atoms with Gasteiger partial charge in [0.15, 0.2) is 0 Å². The second kappa shape index (κ2) is 3.13. The van der Waals surface area contributed by atoms with Gasteiger partial charge in [-0.2, -0.15) is 0 Å². The number of hydrogen-bond donors (Lipinski definition) is 1. The van der Waals surface area contributed by atoms with Gasteiger partial charge in [0.2, 0.25) is 0 Å². The zero-order valence-electron chi connectivity index (χ0n) is 11.2. The van der Waals surface area contributed by atoms with Gasteiger partial charge in [-0.1, -0.05) is 18.2 Å². The van der Waals surface area contributed by atoms with E-state index in [2.05, 4.69) is 47.4 Å². The summed E-state index contributed by atoms with van der Waals surface area (Å²) >= 11 is 0. The Morgan fingerprint density at radius 2 is 2.21 bits per heavy atom. The van der Waals surface area contributed by atoms with Crippen molar-refractivity contribution < 1.29 is 0 Å². The van der Waals surface area contributed by atoms with Crippen LogP contribution in [0, 0.1) is 5.41 Å². The van der Waals surface area contributed by atoms with Crippen molar-refractivity contribution in [3.8, 4) is 0 Å². The Balaban J connectivity index is 1.82. The molecule has 19 heavy (non-hydrogen) atoms. The minimum atomic E-state index is 0.510. The molecule has 1 saturated carbocycles. The number of rotatable bonds is 0. The maximum atomic E-state index is 3.44. The Morgan fingerprint density at radius 1 is 1.32 bits per heavy atom. The number of H-pyrrole nitrogens is 1. The van der Waals surface area contributed by atoms with Gasteiger partial charge in [0.05, 0.1) is 0 Å². The summed E-state index contributed by atoms with van der Waals surface area (Å²) in [5, 5.41) is 1.47. The number of fused-ring (bicyclic) bond motifs is 2. The van der Waals surface area contributed by atoms with E-state index in [1.807, 2.05) is 0 Å². The molecule has 0 unspecified atom stereocenters. The lowest BCUT2D eigenvalue weighted by Crippen LogP contribution is -2.43. The summed E-state index contributed by atoms with van der Waals surface area (Å²) in [7, 11) is 2.30. The van der Waals surface area contributed by atoms with E-state index in [-0.39, 0.29) is 0 Å². The van der Waals surface area contributed by atoms with E-state index in [4.69, 9.17) is 0 Å². The number of likely N-dealkylation sites (N-methyl/N-ethyl adjacent to an activating group) is 1. The van der Waals surface area contributed by atoms with Crippen molar-refractivity contribution in [3.05, 3.63) is 41.6 Å². The highest BCUT2D eigenvalue weighted by Crippen LogP contribution is 2.54. The fourth-order valence-corrected chi connectivity index (χ4v) is 4.17. The zero-order chi connectivity index (χ0) is 12.6. The molecule has 1 atom stereocenters. The Kier molecular flexibility index (Phi) is 1.69. The Labute approximate surface area is 113 Å². The van der Waals surface area contributed by atoms with Crippen LogP contribution >= 0.6 is 0 Å². The molecule has 2 heterocycles. The van der Waals surface area contributed by atoms with Gasteiger partial charge in [-0.05, 0) is 49.1 Å². The first-order valence-electron chi connectivity index (χ1n) is 7.28. The molecule has 5 rings (SSSR count). The van der Waals surface area contributed by atoms with Crippen LogP contribution in [-0.2, 0) is 6.42 Å². The average Bonchev–Trinajstić information content (AvgIpc) is 3.02. The molecule has 1 aromatic carbocycles. The predicted molar refractivity (Wildman–Crippen MR) is 78.1 cm³/mol. The molecule has 0 radical (unpaired) electrons. The van der Waals surface area contributed by atoms with Crippen LogP contribution in [0.25, 0.3) is 16.5 Å². The van der Waals surface area contributed by atoms with Gasteiger partial charge >= 0.3 is 0 Å². The molecule has 1 spiro atoms. The van der Waals surface area contributed by atoms with E-state index in [0.717, 1.165) is 6.42 Å². The zero-order valence-corrected chi connectivity index (χ0v) is 11.2. The molecule has 0 amide bonds. The summed E-state index contributed by atoms with van der Waals surface area (Å²) in [6.45, 7) is 1.25. The highest BCUT2D eigenvalue weighted by molar-refractivity contribution is 5.98. The van der Waals surface area contributed by atoms with Gasteiger partial charge < -0.3 is 4.98 Å². The van der Waals surface area contributed by atoms with Gasteiger partial charge in [-0.15, -0.1) is 0 Å². The van der Waals surface area contributed by atoms with Gasteiger partial charge in [0.25, 0.3) is 0 Å². The van der Waals surface area contributed by atoms with Crippen LogP contribution in [0.15, 0.2) is 30.5 Å². The summed E-state index contributed by atoms with van der Waals surface area (Å²) in [6, 6.07) is 7.28. The summed E-state index contributed by atoms with van der Waals surface area (Å²) in [5.74, 6) is 0. The molecule has 96 valence electrons. The number of nitrogens with one attached hydrogen (secondary N) is 1. The van der Waals surface area contributed by atoms with E-state index < -0.39 is 0 Å². The van der Waals surface area contributed by atoms with Crippen LogP contribution in [-0.4, -0.2) is 29.5 Å². The van der Waals surface area contributed by atoms with Crippen LogP contribution in [0.2, 0.25) is 0 Å². The second-order valence-corrected chi connectivity index (χ2v) is 6.64. The van der Waals surface area contributed by atoms with Gasteiger partial charge in [-0.3, -0.25) is 4.90 Å². The first-order chi connectivity index (χ1) is 9.26. The minimum absolute atomic E-state index is 0.510. The average molecular weight is 250 g/mol. The van der Waals surface area contributed by atoms with Crippen LogP contribution in [0.1, 0.15) is 24.0 Å². The monoisotopic (exact) mass is 250 g/mol. The van der Waals surface area contributed by atoms with Crippen LogP contribution in [0.3, 0.4) is 0 Å². The number of aromatic amines is 1. The van der Waals surface area contributed by atoms with Crippen molar-refractivity contribution in [1.82, 2.24) is 9.88 Å². The molecule has 3 aliphatic rings. The SMILES string of the molecule is CN1CC2(C=C3c4cccc5[nH]cc(c45)C[C@H]31)CC2. The minimum Gasteiger partial charge on any atom is -0.361 e. The van der Waals surface area contributed by atoms with Crippen LogP contribution in [0.4, 0.5) is 0 Å². The summed E-state index contributed by atoms with van der Waals surface area (Å²) < 4.78 is 0. The van der Waals surface area contributed by atoms with E-state index in [0.29, 0.717) is 11.5 Å². The van der Waals surface area contributed by atoms with Gasteiger partial charge in [0.1, 0.15) is 0 Å². The molecule has 2 nitrogen and oxygen atoms in total. The highest BCUT2D eigenvalue weighted by Gasteiger charge is 2.47. The lowest BCUT2D eigenvalue weighted by Gasteiger charge is -2.40. The molecule has 0 saturated heterocycles. The third-order valence-electron chi connectivity index (χ3n) is 5.32.